The Balaban J connectivity index is 1.50. The molecule has 1 unspecified atom stereocenters. The van der Waals surface area contributed by atoms with Crippen molar-refractivity contribution in [2.24, 2.45) is 0 Å². The first-order valence-electron chi connectivity index (χ1n) is 11.3. The van der Waals surface area contributed by atoms with E-state index in [0.717, 1.165) is 51.0 Å². The SMILES string of the molecule is O=C(NCC(c1ccco1)N1CCCCC1)c1ccc(Cl)c(S(=O)(=O)N2CCCCC2)c1. The second-order valence-electron chi connectivity index (χ2n) is 8.45. The number of piperidine rings is 2. The van der Waals surface area contributed by atoms with Crippen LogP contribution in [0.1, 0.15) is 60.7 Å². The zero-order chi connectivity index (χ0) is 22.6. The molecule has 2 aliphatic heterocycles. The van der Waals surface area contributed by atoms with Crippen molar-refractivity contribution in [2.45, 2.75) is 49.5 Å². The van der Waals surface area contributed by atoms with Crippen LogP contribution in [0.3, 0.4) is 0 Å². The number of furan rings is 1. The smallest absolute Gasteiger partial charge is 0.251 e. The minimum Gasteiger partial charge on any atom is -0.468 e. The van der Waals surface area contributed by atoms with E-state index in [1.165, 1.54) is 22.9 Å². The lowest BCUT2D eigenvalue weighted by atomic mass is 10.1. The van der Waals surface area contributed by atoms with Gasteiger partial charge in [0.1, 0.15) is 10.7 Å². The summed E-state index contributed by atoms with van der Waals surface area (Å²) in [6.45, 7) is 3.26. The number of benzene rings is 1. The van der Waals surface area contributed by atoms with Crippen LogP contribution in [0.2, 0.25) is 5.02 Å². The van der Waals surface area contributed by atoms with Crippen molar-refractivity contribution in [3.63, 3.8) is 0 Å². The fraction of sp³-hybridized carbons (Fsp3) is 0.522. The number of rotatable bonds is 7. The van der Waals surface area contributed by atoms with E-state index in [0.29, 0.717) is 19.6 Å². The van der Waals surface area contributed by atoms with Gasteiger partial charge in [-0.05, 0) is 69.1 Å². The van der Waals surface area contributed by atoms with Gasteiger partial charge < -0.3 is 9.73 Å². The number of nitrogens with zero attached hydrogens (tertiary/aromatic N) is 2. The van der Waals surface area contributed by atoms with Crippen LogP contribution in [0.25, 0.3) is 0 Å². The molecule has 0 saturated carbocycles. The summed E-state index contributed by atoms with van der Waals surface area (Å²) in [6, 6.07) is 8.17. The van der Waals surface area contributed by atoms with E-state index in [-0.39, 0.29) is 27.4 Å². The molecule has 4 rings (SSSR count). The zero-order valence-corrected chi connectivity index (χ0v) is 19.7. The molecule has 2 aliphatic rings. The molecule has 0 aliphatic carbocycles. The van der Waals surface area contributed by atoms with Crippen molar-refractivity contribution in [3.8, 4) is 0 Å². The van der Waals surface area contributed by atoms with Gasteiger partial charge in [-0.15, -0.1) is 0 Å². The molecule has 2 fully saturated rings. The number of carbonyl (C=O) groups is 1. The largest absolute Gasteiger partial charge is 0.468 e. The molecule has 0 spiro atoms. The lowest BCUT2D eigenvalue weighted by molar-refractivity contribution is 0.0914. The number of nitrogens with one attached hydrogen (secondary N) is 1. The van der Waals surface area contributed by atoms with E-state index in [1.807, 2.05) is 12.1 Å². The van der Waals surface area contributed by atoms with E-state index in [4.69, 9.17) is 16.0 Å². The van der Waals surface area contributed by atoms with E-state index in [1.54, 1.807) is 12.3 Å². The number of likely N-dealkylation sites (tertiary alicyclic amines) is 1. The lowest BCUT2D eigenvalue weighted by Gasteiger charge is -2.33. The maximum absolute atomic E-state index is 13.1. The van der Waals surface area contributed by atoms with E-state index < -0.39 is 10.0 Å². The van der Waals surface area contributed by atoms with Crippen molar-refractivity contribution in [1.82, 2.24) is 14.5 Å². The van der Waals surface area contributed by atoms with E-state index in [2.05, 4.69) is 10.2 Å². The molecule has 0 bridgehead atoms. The first-order chi connectivity index (χ1) is 15.5. The summed E-state index contributed by atoms with van der Waals surface area (Å²) >= 11 is 6.24. The summed E-state index contributed by atoms with van der Waals surface area (Å²) in [5, 5.41) is 3.10. The Morgan fingerprint density at radius 2 is 1.72 bits per heavy atom. The fourth-order valence-corrected chi connectivity index (χ4v) is 6.52. The van der Waals surface area contributed by atoms with Crippen LogP contribution in [-0.2, 0) is 10.0 Å². The van der Waals surface area contributed by atoms with Gasteiger partial charge in [0.2, 0.25) is 10.0 Å². The zero-order valence-electron chi connectivity index (χ0n) is 18.1. The summed E-state index contributed by atoms with van der Waals surface area (Å²) in [5.41, 5.74) is 0.279. The Labute approximate surface area is 194 Å². The highest BCUT2D eigenvalue weighted by Crippen LogP contribution is 2.28. The summed E-state index contributed by atoms with van der Waals surface area (Å²) < 4.78 is 33.3. The minimum absolute atomic E-state index is 0.00710. The molecule has 2 saturated heterocycles. The summed E-state index contributed by atoms with van der Waals surface area (Å²) in [6.07, 6.45) is 7.80. The summed E-state index contributed by atoms with van der Waals surface area (Å²) in [5.74, 6) is 0.488. The molecule has 0 radical (unpaired) electrons. The van der Waals surface area contributed by atoms with Gasteiger partial charge >= 0.3 is 0 Å². The third-order valence-corrected chi connectivity index (χ3v) is 8.67. The van der Waals surface area contributed by atoms with Crippen molar-refractivity contribution in [2.75, 3.05) is 32.7 Å². The van der Waals surface area contributed by atoms with Crippen molar-refractivity contribution in [3.05, 3.63) is 52.9 Å². The number of carbonyl (C=O) groups excluding carboxylic acids is 1. The number of sulfonamides is 1. The van der Waals surface area contributed by atoms with Crippen LogP contribution in [0.5, 0.6) is 0 Å². The molecule has 3 heterocycles. The monoisotopic (exact) mass is 479 g/mol. The molecule has 9 heteroatoms. The highest BCUT2D eigenvalue weighted by Gasteiger charge is 2.29. The van der Waals surface area contributed by atoms with Gasteiger partial charge in [0.05, 0.1) is 17.3 Å². The van der Waals surface area contributed by atoms with Gasteiger partial charge in [0.25, 0.3) is 5.91 Å². The predicted octanol–water partition coefficient (Wildman–Crippen LogP) is 4.06. The summed E-state index contributed by atoms with van der Waals surface area (Å²) in [4.78, 5) is 15.3. The Morgan fingerprint density at radius 3 is 2.38 bits per heavy atom. The second-order valence-corrected chi connectivity index (χ2v) is 10.8. The minimum atomic E-state index is -3.73. The predicted molar refractivity (Wildman–Crippen MR) is 123 cm³/mol. The highest BCUT2D eigenvalue weighted by molar-refractivity contribution is 7.89. The topological polar surface area (TPSA) is 82.9 Å². The van der Waals surface area contributed by atoms with Crippen LogP contribution in [0, 0.1) is 0 Å². The molecule has 174 valence electrons. The molecule has 7 nitrogen and oxygen atoms in total. The van der Waals surface area contributed by atoms with Crippen molar-refractivity contribution >= 4 is 27.5 Å². The third-order valence-electron chi connectivity index (χ3n) is 6.29. The Kier molecular flexibility index (Phi) is 7.55. The second kappa shape index (κ2) is 10.4. The van der Waals surface area contributed by atoms with Gasteiger partial charge in [-0.3, -0.25) is 9.69 Å². The van der Waals surface area contributed by atoms with Crippen LogP contribution < -0.4 is 5.32 Å². The number of amides is 1. The van der Waals surface area contributed by atoms with Gasteiger partial charge in [0.15, 0.2) is 0 Å². The molecule has 1 aromatic carbocycles. The Morgan fingerprint density at radius 1 is 1.03 bits per heavy atom. The number of halogens is 1. The Bertz CT molecular complexity index is 1010. The fourth-order valence-electron chi connectivity index (χ4n) is 4.50. The molecular formula is C23H30ClN3O4S. The average molecular weight is 480 g/mol. The summed E-state index contributed by atoms with van der Waals surface area (Å²) in [7, 11) is -3.73. The molecule has 1 aromatic heterocycles. The molecule has 1 N–H and O–H groups in total. The third kappa shape index (κ3) is 5.20. The number of hydrogen-bond acceptors (Lipinski definition) is 5. The Hall–Kier alpha value is -1.87. The van der Waals surface area contributed by atoms with Gasteiger partial charge in [-0.1, -0.05) is 24.4 Å². The number of hydrogen-bond donors (Lipinski definition) is 1. The molecule has 2 aromatic rings. The molecular weight excluding hydrogens is 450 g/mol. The maximum Gasteiger partial charge on any atom is 0.251 e. The van der Waals surface area contributed by atoms with Crippen LogP contribution in [0.4, 0.5) is 0 Å². The van der Waals surface area contributed by atoms with Crippen molar-refractivity contribution < 1.29 is 17.6 Å². The lowest BCUT2D eigenvalue weighted by Crippen LogP contribution is -2.40. The first-order valence-corrected chi connectivity index (χ1v) is 13.1. The van der Waals surface area contributed by atoms with Gasteiger partial charge in [-0.25, -0.2) is 8.42 Å². The van der Waals surface area contributed by atoms with Gasteiger partial charge in [-0.2, -0.15) is 4.31 Å². The molecule has 1 atom stereocenters. The van der Waals surface area contributed by atoms with Crippen molar-refractivity contribution in [1.29, 1.82) is 0 Å². The van der Waals surface area contributed by atoms with Crippen LogP contribution in [0.15, 0.2) is 45.9 Å². The van der Waals surface area contributed by atoms with Gasteiger partial charge in [0, 0.05) is 25.2 Å². The molecule has 1 amide bonds. The highest BCUT2D eigenvalue weighted by atomic mass is 35.5. The standard InChI is InChI=1S/C23H30ClN3O4S/c24-19-10-9-18(16-22(19)32(29,30)27-13-5-2-6-14-27)23(28)25-17-20(21-8-7-15-31-21)26-11-3-1-4-12-26/h7-10,15-16,20H,1-6,11-14,17H2,(H,25,28). The molecule has 32 heavy (non-hydrogen) atoms. The quantitative estimate of drug-likeness (QED) is 0.647. The van der Waals surface area contributed by atoms with Crippen LogP contribution in [-0.4, -0.2) is 56.3 Å². The average Bonchev–Trinajstić information content (AvgIpc) is 3.35. The first kappa shape index (κ1) is 23.3. The van der Waals surface area contributed by atoms with Crippen LogP contribution >= 0.6 is 11.6 Å². The van der Waals surface area contributed by atoms with E-state index in [9.17, 15) is 13.2 Å². The van der Waals surface area contributed by atoms with E-state index >= 15 is 0 Å². The normalized spacial score (nSPS) is 19.5. The maximum atomic E-state index is 13.1.